The van der Waals surface area contributed by atoms with Crippen molar-refractivity contribution >= 4 is 16.9 Å². The molecular weight excluding hydrogens is 230 g/mol. The second-order valence-corrected chi connectivity index (χ2v) is 4.79. The summed E-state index contributed by atoms with van der Waals surface area (Å²) < 4.78 is 5.43. The second-order valence-electron chi connectivity index (χ2n) is 4.79. The molecule has 3 rings (SSSR count). The Morgan fingerprint density at radius 2 is 2.22 bits per heavy atom. The van der Waals surface area contributed by atoms with Crippen LogP contribution in [0.2, 0.25) is 0 Å². The Hall–Kier alpha value is -1.81. The van der Waals surface area contributed by atoms with Gasteiger partial charge in [-0.15, -0.1) is 0 Å². The van der Waals surface area contributed by atoms with Gasteiger partial charge in [-0.1, -0.05) is 18.2 Å². The average molecular weight is 245 g/mol. The average Bonchev–Trinajstić information content (AvgIpc) is 3.11. The van der Waals surface area contributed by atoms with E-state index in [-0.39, 0.29) is 0 Å². The number of carboxylic acids is 1. The molecule has 1 fully saturated rings. The molecule has 0 spiro atoms. The monoisotopic (exact) mass is 245 g/mol. The molecule has 4 heteroatoms. The minimum atomic E-state index is -0.759. The van der Waals surface area contributed by atoms with Gasteiger partial charge < -0.3 is 9.52 Å². The molecule has 1 aromatic heterocycles. The molecular formula is C14H15NO3. The van der Waals surface area contributed by atoms with Gasteiger partial charge in [-0.05, 0) is 24.8 Å². The fourth-order valence-corrected chi connectivity index (χ4v) is 2.27. The number of hydrogen-bond acceptors (Lipinski definition) is 3. The fourth-order valence-electron chi connectivity index (χ4n) is 2.27. The van der Waals surface area contributed by atoms with Crippen LogP contribution in [0.5, 0.6) is 0 Å². The van der Waals surface area contributed by atoms with E-state index in [1.54, 1.807) is 6.26 Å². The van der Waals surface area contributed by atoms with Gasteiger partial charge in [0.25, 0.3) is 0 Å². The highest BCUT2D eigenvalue weighted by molar-refractivity contribution is 5.81. The molecule has 1 atom stereocenters. The SMILES string of the molecule is O=C(O)C(NCc1coc2ccccc12)C1CC1. The summed E-state index contributed by atoms with van der Waals surface area (Å²) in [6.45, 7) is 0.532. The van der Waals surface area contributed by atoms with E-state index in [0.717, 1.165) is 29.4 Å². The number of hydrogen-bond donors (Lipinski definition) is 2. The van der Waals surface area contributed by atoms with Gasteiger partial charge in [-0.25, -0.2) is 0 Å². The van der Waals surface area contributed by atoms with Crippen molar-refractivity contribution in [3.05, 3.63) is 36.1 Å². The zero-order valence-electron chi connectivity index (χ0n) is 9.93. The van der Waals surface area contributed by atoms with Crippen molar-refractivity contribution in [2.75, 3.05) is 0 Å². The zero-order chi connectivity index (χ0) is 12.5. The van der Waals surface area contributed by atoms with Gasteiger partial charge in [-0.2, -0.15) is 0 Å². The molecule has 0 amide bonds. The van der Waals surface area contributed by atoms with Crippen LogP contribution in [-0.2, 0) is 11.3 Å². The Morgan fingerprint density at radius 3 is 2.94 bits per heavy atom. The maximum absolute atomic E-state index is 11.1. The van der Waals surface area contributed by atoms with E-state index in [9.17, 15) is 4.79 Å². The van der Waals surface area contributed by atoms with Crippen LogP contribution in [0.15, 0.2) is 34.9 Å². The number of rotatable bonds is 5. The van der Waals surface area contributed by atoms with E-state index in [2.05, 4.69) is 5.32 Å². The predicted molar refractivity (Wildman–Crippen MR) is 67.2 cm³/mol. The Labute approximate surface area is 105 Å². The van der Waals surface area contributed by atoms with Crippen molar-refractivity contribution in [3.63, 3.8) is 0 Å². The summed E-state index contributed by atoms with van der Waals surface area (Å²) in [7, 11) is 0. The van der Waals surface area contributed by atoms with Gasteiger partial charge in [0.05, 0.1) is 6.26 Å². The summed E-state index contributed by atoms with van der Waals surface area (Å²) in [6.07, 6.45) is 3.72. The van der Waals surface area contributed by atoms with Gasteiger partial charge in [-0.3, -0.25) is 10.1 Å². The molecule has 94 valence electrons. The number of para-hydroxylation sites is 1. The van der Waals surface area contributed by atoms with Crippen LogP contribution in [0.3, 0.4) is 0 Å². The number of benzene rings is 1. The molecule has 0 saturated heterocycles. The van der Waals surface area contributed by atoms with Crippen LogP contribution in [0.1, 0.15) is 18.4 Å². The van der Waals surface area contributed by atoms with E-state index < -0.39 is 12.0 Å². The summed E-state index contributed by atoms with van der Waals surface area (Å²) >= 11 is 0. The molecule has 1 aromatic carbocycles. The first-order valence-electron chi connectivity index (χ1n) is 6.17. The quantitative estimate of drug-likeness (QED) is 0.849. The Morgan fingerprint density at radius 1 is 1.44 bits per heavy atom. The van der Waals surface area contributed by atoms with E-state index in [1.807, 2.05) is 24.3 Å². The minimum absolute atomic E-state index is 0.292. The van der Waals surface area contributed by atoms with Crippen molar-refractivity contribution in [3.8, 4) is 0 Å². The first-order valence-corrected chi connectivity index (χ1v) is 6.17. The van der Waals surface area contributed by atoms with Gasteiger partial charge in [0, 0.05) is 17.5 Å². The molecule has 18 heavy (non-hydrogen) atoms. The maximum Gasteiger partial charge on any atom is 0.320 e. The Balaban J connectivity index is 1.74. The molecule has 2 aromatic rings. The fraction of sp³-hybridized carbons (Fsp3) is 0.357. The molecule has 1 aliphatic rings. The maximum atomic E-state index is 11.1. The number of nitrogens with one attached hydrogen (secondary N) is 1. The van der Waals surface area contributed by atoms with Crippen LogP contribution < -0.4 is 5.32 Å². The number of carbonyl (C=O) groups is 1. The van der Waals surface area contributed by atoms with Crippen molar-refractivity contribution in [1.29, 1.82) is 0 Å². The van der Waals surface area contributed by atoms with Crippen LogP contribution in [-0.4, -0.2) is 17.1 Å². The smallest absolute Gasteiger partial charge is 0.320 e. The normalized spacial score (nSPS) is 16.9. The number of furan rings is 1. The van der Waals surface area contributed by atoms with E-state index in [0.29, 0.717) is 12.5 Å². The molecule has 0 aliphatic heterocycles. The highest BCUT2D eigenvalue weighted by Gasteiger charge is 2.35. The van der Waals surface area contributed by atoms with Crippen molar-refractivity contribution in [2.45, 2.75) is 25.4 Å². The Kier molecular flexibility index (Phi) is 2.80. The lowest BCUT2D eigenvalue weighted by Crippen LogP contribution is -2.37. The van der Waals surface area contributed by atoms with Crippen LogP contribution in [0, 0.1) is 5.92 Å². The van der Waals surface area contributed by atoms with Crippen LogP contribution in [0.25, 0.3) is 11.0 Å². The Bertz CT molecular complexity index is 571. The minimum Gasteiger partial charge on any atom is -0.480 e. The lowest BCUT2D eigenvalue weighted by atomic mass is 10.1. The van der Waals surface area contributed by atoms with Crippen molar-refractivity contribution in [2.24, 2.45) is 5.92 Å². The third-order valence-corrected chi connectivity index (χ3v) is 3.43. The van der Waals surface area contributed by atoms with Crippen LogP contribution in [0.4, 0.5) is 0 Å². The molecule has 1 heterocycles. The summed E-state index contributed by atoms with van der Waals surface area (Å²) in [6, 6.07) is 7.35. The van der Waals surface area contributed by atoms with Crippen molar-refractivity contribution in [1.82, 2.24) is 5.32 Å². The highest BCUT2D eigenvalue weighted by atomic mass is 16.4. The lowest BCUT2D eigenvalue weighted by molar-refractivity contribution is -0.140. The summed E-state index contributed by atoms with van der Waals surface area (Å²) in [5, 5.41) is 13.3. The molecule has 0 radical (unpaired) electrons. The van der Waals surface area contributed by atoms with Crippen LogP contribution >= 0.6 is 0 Å². The third-order valence-electron chi connectivity index (χ3n) is 3.43. The molecule has 2 N–H and O–H groups in total. The van der Waals surface area contributed by atoms with Gasteiger partial charge in [0.2, 0.25) is 0 Å². The standard InChI is InChI=1S/C14H15NO3/c16-14(17)13(9-5-6-9)15-7-10-8-18-12-4-2-1-3-11(10)12/h1-4,8-9,13,15H,5-7H2,(H,16,17). The van der Waals surface area contributed by atoms with E-state index in [1.165, 1.54) is 0 Å². The van der Waals surface area contributed by atoms with E-state index >= 15 is 0 Å². The largest absolute Gasteiger partial charge is 0.480 e. The first kappa shape index (κ1) is 11.3. The summed E-state index contributed by atoms with van der Waals surface area (Å²) in [5.41, 5.74) is 1.85. The number of aliphatic carboxylic acids is 1. The zero-order valence-corrected chi connectivity index (χ0v) is 9.93. The lowest BCUT2D eigenvalue weighted by Gasteiger charge is -2.12. The van der Waals surface area contributed by atoms with Gasteiger partial charge >= 0.3 is 5.97 Å². The number of fused-ring (bicyclic) bond motifs is 1. The molecule has 1 aliphatic carbocycles. The van der Waals surface area contributed by atoms with E-state index in [4.69, 9.17) is 9.52 Å². The topological polar surface area (TPSA) is 62.5 Å². The second kappa shape index (κ2) is 4.46. The molecule has 0 bridgehead atoms. The van der Waals surface area contributed by atoms with Gasteiger partial charge in [0.1, 0.15) is 11.6 Å². The molecule has 4 nitrogen and oxygen atoms in total. The van der Waals surface area contributed by atoms with Gasteiger partial charge in [0.15, 0.2) is 0 Å². The summed E-state index contributed by atoms with van der Waals surface area (Å²) in [4.78, 5) is 11.1. The molecule has 1 unspecified atom stereocenters. The highest BCUT2D eigenvalue weighted by Crippen LogP contribution is 2.33. The third kappa shape index (κ3) is 2.11. The predicted octanol–water partition coefficient (Wildman–Crippen LogP) is 2.39. The summed E-state index contributed by atoms with van der Waals surface area (Å²) in [5.74, 6) is -0.467. The van der Waals surface area contributed by atoms with Crippen molar-refractivity contribution < 1.29 is 14.3 Å². The number of carboxylic acid groups (broad SMARTS) is 1. The molecule has 1 saturated carbocycles. The first-order chi connectivity index (χ1) is 8.75.